The number of aryl methyl sites for hydroxylation is 1. The Labute approximate surface area is 243 Å². The maximum absolute atomic E-state index is 10.1. The number of aromatic nitrogens is 3. The molecule has 214 valence electrons. The van der Waals surface area contributed by atoms with Gasteiger partial charge in [0.05, 0.1) is 23.1 Å². The lowest BCUT2D eigenvalue weighted by Crippen LogP contribution is -2.43. The fourth-order valence-corrected chi connectivity index (χ4v) is 9.47. The van der Waals surface area contributed by atoms with Crippen molar-refractivity contribution in [1.82, 2.24) is 20.0 Å². The van der Waals surface area contributed by atoms with E-state index in [0.29, 0.717) is 46.9 Å². The minimum Gasteiger partial charge on any atom is -0.486 e. The van der Waals surface area contributed by atoms with E-state index >= 15 is 0 Å². The number of nitrogens with two attached hydrogens (primary N) is 1. The van der Waals surface area contributed by atoms with E-state index in [-0.39, 0.29) is 11.0 Å². The highest BCUT2D eigenvalue weighted by atomic mass is 32.1. The quantitative estimate of drug-likeness (QED) is 0.479. The van der Waals surface area contributed by atoms with Crippen LogP contribution in [0.15, 0.2) is 4.52 Å². The first-order valence-electron chi connectivity index (χ1n) is 15.0. The molecule has 10 nitrogen and oxygen atoms in total. The topological polar surface area (TPSA) is 127 Å². The molecule has 3 aromatic rings. The molecule has 0 unspecified atom stereocenters. The van der Waals surface area contributed by atoms with Crippen molar-refractivity contribution in [3.8, 4) is 29.2 Å². The Bertz CT molecular complexity index is 1560. The molecule has 0 amide bonds. The number of hydrogen-bond donors (Lipinski definition) is 1. The molecule has 2 aliphatic carbocycles. The first kappa shape index (κ1) is 25.4. The highest BCUT2D eigenvalue weighted by molar-refractivity contribution is 7.16. The number of likely N-dealkylation sites (N-methyl/N-ethyl adjacent to an activating group) is 1. The number of nitrogen functional groups attached to an aromatic ring is 1. The van der Waals surface area contributed by atoms with Gasteiger partial charge in [-0.1, -0.05) is 5.16 Å². The largest absolute Gasteiger partial charge is 0.486 e. The van der Waals surface area contributed by atoms with Crippen LogP contribution in [0.25, 0.3) is 11.4 Å². The van der Waals surface area contributed by atoms with E-state index in [1.54, 1.807) is 11.3 Å². The van der Waals surface area contributed by atoms with Crippen molar-refractivity contribution in [3.63, 3.8) is 0 Å². The molecule has 0 aromatic carbocycles. The molecule has 2 fully saturated rings. The standard InChI is InChI=1S/C30H35N7O3S/c1-36-14-15-38-24-23(33-28(34-27(24)36)39-17-29-8-4-12-37(29)13-5-9-29)22-18-6-2-10-30(25(18)40-35-22)11-3-7-20-21(30)19(16-31)26(32)41-20/h2-15,17,32H2,1H3/t30-/m0/s1. The average Bonchev–Trinajstić information content (AvgIpc) is 3.74. The van der Waals surface area contributed by atoms with Crippen molar-refractivity contribution < 1.29 is 14.0 Å². The number of thiophene rings is 1. The summed E-state index contributed by atoms with van der Waals surface area (Å²) in [7, 11) is 2.03. The smallest absolute Gasteiger partial charge is 0.319 e. The molecule has 1 spiro atoms. The molecule has 5 aliphatic rings. The Morgan fingerprint density at radius 2 is 1.85 bits per heavy atom. The fraction of sp³-hybridized carbons (Fsp3) is 0.600. The van der Waals surface area contributed by atoms with E-state index in [1.807, 2.05) is 7.05 Å². The summed E-state index contributed by atoms with van der Waals surface area (Å²) in [6.45, 7) is 4.17. The van der Waals surface area contributed by atoms with E-state index in [1.165, 1.54) is 17.7 Å². The lowest BCUT2D eigenvalue weighted by Gasteiger charge is -2.39. The van der Waals surface area contributed by atoms with Crippen molar-refractivity contribution in [1.29, 1.82) is 5.26 Å². The number of hydrogen-bond acceptors (Lipinski definition) is 11. The predicted molar refractivity (Wildman–Crippen MR) is 155 cm³/mol. The predicted octanol–water partition coefficient (Wildman–Crippen LogP) is 4.44. The minimum atomic E-state index is -0.386. The summed E-state index contributed by atoms with van der Waals surface area (Å²) in [6.07, 6.45) is 10.4. The van der Waals surface area contributed by atoms with Gasteiger partial charge >= 0.3 is 6.01 Å². The number of rotatable bonds is 4. The van der Waals surface area contributed by atoms with Gasteiger partial charge in [-0.2, -0.15) is 15.2 Å². The van der Waals surface area contributed by atoms with Gasteiger partial charge in [0.2, 0.25) is 0 Å². The lowest BCUT2D eigenvalue weighted by molar-refractivity contribution is 0.107. The van der Waals surface area contributed by atoms with Crippen molar-refractivity contribution in [2.45, 2.75) is 75.2 Å². The van der Waals surface area contributed by atoms with Gasteiger partial charge in [0.15, 0.2) is 17.3 Å². The monoisotopic (exact) mass is 573 g/mol. The van der Waals surface area contributed by atoms with Gasteiger partial charge in [0.1, 0.15) is 35.7 Å². The van der Waals surface area contributed by atoms with Crippen LogP contribution in [0.2, 0.25) is 0 Å². The van der Waals surface area contributed by atoms with Crippen LogP contribution < -0.4 is 20.1 Å². The van der Waals surface area contributed by atoms with E-state index in [9.17, 15) is 5.26 Å². The summed E-state index contributed by atoms with van der Waals surface area (Å²) in [6, 6.07) is 2.77. The molecule has 2 saturated heterocycles. The lowest BCUT2D eigenvalue weighted by atomic mass is 9.63. The zero-order valence-electron chi connectivity index (χ0n) is 23.5. The Morgan fingerprint density at radius 3 is 2.66 bits per heavy atom. The molecule has 0 bridgehead atoms. The first-order chi connectivity index (χ1) is 20.0. The molecular formula is C30H35N7O3S. The molecule has 1 atom stereocenters. The van der Waals surface area contributed by atoms with E-state index < -0.39 is 0 Å². The SMILES string of the molecule is CN1CCOc2c(-c3noc4c3CCC[C@@]43CCCc4sc(N)c(C#N)c43)nc(OCC34CCCN3CCC4)nc21. The van der Waals surface area contributed by atoms with Crippen LogP contribution in [0.4, 0.5) is 10.8 Å². The maximum Gasteiger partial charge on any atom is 0.319 e. The van der Waals surface area contributed by atoms with Gasteiger partial charge in [0, 0.05) is 17.5 Å². The summed E-state index contributed by atoms with van der Waals surface area (Å²) < 4.78 is 18.9. The van der Waals surface area contributed by atoms with Gasteiger partial charge in [-0.15, -0.1) is 11.3 Å². The Kier molecular flexibility index (Phi) is 5.77. The Balaban J connectivity index is 1.23. The van der Waals surface area contributed by atoms with Crippen molar-refractivity contribution in [3.05, 3.63) is 27.3 Å². The number of fused-ring (bicyclic) bond motifs is 6. The van der Waals surface area contributed by atoms with Crippen LogP contribution in [0.3, 0.4) is 0 Å². The summed E-state index contributed by atoms with van der Waals surface area (Å²) in [5.41, 5.74) is 10.1. The summed E-state index contributed by atoms with van der Waals surface area (Å²) in [5.74, 6) is 2.22. The van der Waals surface area contributed by atoms with Gasteiger partial charge < -0.3 is 24.6 Å². The molecule has 41 heavy (non-hydrogen) atoms. The van der Waals surface area contributed by atoms with Crippen LogP contribution in [0, 0.1) is 11.3 Å². The number of nitriles is 1. The third-order valence-electron chi connectivity index (χ3n) is 10.2. The highest BCUT2D eigenvalue weighted by Crippen LogP contribution is 2.56. The van der Waals surface area contributed by atoms with Crippen LogP contribution in [0.5, 0.6) is 11.8 Å². The van der Waals surface area contributed by atoms with Gasteiger partial charge in [0.25, 0.3) is 0 Å². The third-order valence-corrected chi connectivity index (χ3v) is 11.3. The van der Waals surface area contributed by atoms with Crippen LogP contribution in [-0.4, -0.2) is 65.5 Å². The second-order valence-electron chi connectivity index (χ2n) is 12.4. The molecule has 3 aliphatic heterocycles. The van der Waals surface area contributed by atoms with Crippen molar-refractivity contribution >= 4 is 22.2 Å². The second kappa shape index (κ2) is 9.33. The number of anilines is 2. The van der Waals surface area contributed by atoms with E-state index in [2.05, 4.69) is 21.0 Å². The van der Waals surface area contributed by atoms with Crippen molar-refractivity contribution in [2.75, 3.05) is 50.5 Å². The molecular weight excluding hydrogens is 538 g/mol. The molecule has 0 saturated carbocycles. The zero-order valence-corrected chi connectivity index (χ0v) is 24.3. The second-order valence-corrected chi connectivity index (χ2v) is 13.5. The van der Waals surface area contributed by atoms with Gasteiger partial charge in [-0.25, -0.2) is 0 Å². The maximum atomic E-state index is 10.1. The van der Waals surface area contributed by atoms with Crippen molar-refractivity contribution in [2.24, 2.45) is 0 Å². The summed E-state index contributed by atoms with van der Waals surface area (Å²) >= 11 is 1.56. The van der Waals surface area contributed by atoms with Gasteiger partial charge in [-0.3, -0.25) is 4.90 Å². The Hall–Kier alpha value is -3.36. The number of nitrogens with zero attached hydrogens (tertiary/aromatic N) is 6. The first-order valence-corrected chi connectivity index (χ1v) is 15.8. The normalized spacial score (nSPS) is 24.3. The number of ether oxygens (including phenoxy) is 2. The molecule has 3 aromatic heterocycles. The highest BCUT2D eigenvalue weighted by Gasteiger charge is 2.49. The molecule has 0 radical (unpaired) electrons. The fourth-order valence-electron chi connectivity index (χ4n) is 8.31. The van der Waals surface area contributed by atoms with Crippen LogP contribution >= 0.6 is 11.3 Å². The molecule has 11 heteroatoms. The molecule has 6 heterocycles. The summed E-state index contributed by atoms with van der Waals surface area (Å²) in [4.78, 5) is 15.7. The van der Waals surface area contributed by atoms with E-state index in [4.69, 9.17) is 29.7 Å². The molecule has 8 rings (SSSR count). The summed E-state index contributed by atoms with van der Waals surface area (Å²) in [5, 5.41) is 15.3. The van der Waals surface area contributed by atoms with Crippen LogP contribution in [-0.2, 0) is 18.3 Å². The third kappa shape index (κ3) is 3.66. The Morgan fingerprint density at radius 1 is 1.05 bits per heavy atom. The van der Waals surface area contributed by atoms with Crippen LogP contribution in [0.1, 0.15) is 78.7 Å². The average molecular weight is 574 g/mol. The zero-order chi connectivity index (χ0) is 27.8. The van der Waals surface area contributed by atoms with E-state index in [0.717, 1.165) is 93.7 Å². The molecule has 2 N–H and O–H groups in total. The van der Waals surface area contributed by atoms with Gasteiger partial charge in [-0.05, 0) is 82.9 Å². The minimum absolute atomic E-state index is 0.0980.